The Morgan fingerprint density at radius 2 is 1.95 bits per heavy atom. The molecule has 1 aromatic rings. The summed E-state index contributed by atoms with van der Waals surface area (Å²) in [6, 6.07) is 4.95. The highest BCUT2D eigenvalue weighted by molar-refractivity contribution is 6.31. The summed E-state index contributed by atoms with van der Waals surface area (Å²) in [6.07, 6.45) is 0. The Morgan fingerprint density at radius 1 is 1.32 bits per heavy atom. The minimum Gasteiger partial charge on any atom is -0.373 e. The van der Waals surface area contributed by atoms with Crippen LogP contribution < -0.4 is 5.32 Å². The lowest BCUT2D eigenvalue weighted by Gasteiger charge is -2.42. The number of likely N-dealkylation sites (N-methyl/N-ethyl adjacent to an activating group) is 1. The van der Waals surface area contributed by atoms with Crippen LogP contribution in [0.15, 0.2) is 12.1 Å². The van der Waals surface area contributed by atoms with Crippen LogP contribution in [0.3, 0.4) is 0 Å². The number of rotatable bonds is 3. The first-order valence-corrected chi connectivity index (χ1v) is 7.16. The molecule has 106 valence electrons. The summed E-state index contributed by atoms with van der Waals surface area (Å²) < 4.78 is 0. The zero-order chi connectivity index (χ0) is 14.0. The van der Waals surface area contributed by atoms with Crippen LogP contribution in [-0.2, 0) is 6.54 Å². The van der Waals surface area contributed by atoms with E-state index >= 15 is 0 Å². The molecule has 0 amide bonds. The molecule has 1 saturated heterocycles. The number of nitrogens with zero attached hydrogens (tertiary/aromatic N) is 3. The Kier molecular flexibility index (Phi) is 4.66. The molecule has 5 heteroatoms. The highest BCUT2D eigenvalue weighted by atomic mass is 35.5. The van der Waals surface area contributed by atoms with Gasteiger partial charge in [-0.3, -0.25) is 9.80 Å². The number of piperazine rings is 1. The highest BCUT2D eigenvalue weighted by Gasteiger charge is 2.26. The van der Waals surface area contributed by atoms with Crippen molar-refractivity contribution in [1.82, 2.24) is 14.8 Å². The van der Waals surface area contributed by atoms with Gasteiger partial charge in [-0.25, -0.2) is 4.98 Å². The zero-order valence-electron chi connectivity index (χ0n) is 12.2. The molecule has 1 N–H and O–H groups in total. The van der Waals surface area contributed by atoms with Crippen molar-refractivity contribution in [2.45, 2.75) is 32.5 Å². The Bertz CT molecular complexity index is 425. The molecule has 0 aromatic carbocycles. The Hall–Kier alpha value is -0.840. The van der Waals surface area contributed by atoms with Crippen molar-refractivity contribution in [3.05, 3.63) is 22.8 Å². The van der Waals surface area contributed by atoms with Gasteiger partial charge >= 0.3 is 0 Å². The molecule has 1 fully saturated rings. The molecule has 19 heavy (non-hydrogen) atoms. The molecule has 2 heterocycles. The lowest BCUT2D eigenvalue weighted by Crippen LogP contribution is -2.54. The maximum atomic E-state index is 6.25. The zero-order valence-corrected chi connectivity index (χ0v) is 12.9. The third-order valence-electron chi connectivity index (χ3n) is 3.98. The summed E-state index contributed by atoms with van der Waals surface area (Å²) in [5.41, 5.74) is 0.956. The lowest BCUT2D eigenvalue weighted by molar-refractivity contribution is 0.0550. The summed E-state index contributed by atoms with van der Waals surface area (Å²) in [4.78, 5) is 9.42. The van der Waals surface area contributed by atoms with E-state index in [4.69, 9.17) is 11.6 Å². The Balaban J connectivity index is 2.09. The van der Waals surface area contributed by atoms with Crippen LogP contribution in [0.25, 0.3) is 0 Å². The van der Waals surface area contributed by atoms with Gasteiger partial charge < -0.3 is 5.32 Å². The summed E-state index contributed by atoms with van der Waals surface area (Å²) in [5.74, 6) is 0.870. The van der Waals surface area contributed by atoms with E-state index in [1.54, 1.807) is 0 Å². The number of pyridine rings is 1. The van der Waals surface area contributed by atoms with Crippen LogP contribution >= 0.6 is 11.6 Å². The second-order valence-corrected chi connectivity index (χ2v) is 5.84. The topological polar surface area (TPSA) is 31.4 Å². The van der Waals surface area contributed by atoms with Crippen LogP contribution in [0.5, 0.6) is 0 Å². The maximum Gasteiger partial charge on any atom is 0.126 e. The minimum atomic E-state index is 0.565. The van der Waals surface area contributed by atoms with Crippen molar-refractivity contribution in [2.75, 3.05) is 32.5 Å². The van der Waals surface area contributed by atoms with Gasteiger partial charge in [0.15, 0.2) is 0 Å². The fraction of sp³-hybridized carbons (Fsp3) is 0.643. The van der Waals surface area contributed by atoms with E-state index in [1.165, 1.54) is 0 Å². The van der Waals surface area contributed by atoms with Crippen molar-refractivity contribution in [1.29, 1.82) is 0 Å². The number of hydrogen-bond acceptors (Lipinski definition) is 4. The molecule has 0 aliphatic carbocycles. The second-order valence-electron chi connectivity index (χ2n) is 5.43. The normalized spacial score (nSPS) is 25.5. The summed E-state index contributed by atoms with van der Waals surface area (Å²) in [5, 5.41) is 3.81. The third-order valence-corrected chi connectivity index (χ3v) is 4.33. The number of anilines is 1. The SMILES string of the molecule is CNc1ccc(Cl)c(CN2CC(C)N(C)C(C)C2)n1. The maximum absolute atomic E-state index is 6.25. The van der Waals surface area contributed by atoms with Crippen LogP contribution in [0.2, 0.25) is 5.02 Å². The predicted molar refractivity (Wildman–Crippen MR) is 80.8 cm³/mol. The molecule has 1 aromatic heterocycles. The average molecular weight is 283 g/mol. The minimum absolute atomic E-state index is 0.565. The largest absolute Gasteiger partial charge is 0.373 e. The molecule has 1 aliphatic rings. The standard InChI is InChI=1S/C14H23ClN4/c1-10-7-19(8-11(2)18(10)4)9-13-12(15)5-6-14(16-3)17-13/h5-6,10-11H,7-9H2,1-4H3,(H,16,17). The van der Waals surface area contributed by atoms with E-state index in [0.717, 1.165) is 36.2 Å². The molecule has 2 unspecified atom stereocenters. The molecule has 4 nitrogen and oxygen atoms in total. The van der Waals surface area contributed by atoms with Gasteiger partial charge in [-0.15, -0.1) is 0 Å². The third kappa shape index (κ3) is 3.38. The summed E-state index contributed by atoms with van der Waals surface area (Å²) >= 11 is 6.25. The molecule has 0 saturated carbocycles. The average Bonchev–Trinajstić information content (AvgIpc) is 2.38. The molecule has 2 atom stereocenters. The second kappa shape index (κ2) is 6.07. The Morgan fingerprint density at radius 3 is 2.53 bits per heavy atom. The van der Waals surface area contributed by atoms with Crippen molar-refractivity contribution in [3.8, 4) is 0 Å². The highest BCUT2D eigenvalue weighted by Crippen LogP contribution is 2.21. The van der Waals surface area contributed by atoms with Gasteiger partial charge in [-0.05, 0) is 33.0 Å². The molecule has 0 radical (unpaired) electrons. The molecule has 2 rings (SSSR count). The van der Waals surface area contributed by atoms with E-state index in [9.17, 15) is 0 Å². The fourth-order valence-corrected chi connectivity index (χ4v) is 2.75. The number of aromatic nitrogens is 1. The van der Waals surface area contributed by atoms with Crippen LogP contribution in [0.4, 0.5) is 5.82 Å². The van der Waals surface area contributed by atoms with Crippen LogP contribution in [-0.4, -0.2) is 54.1 Å². The summed E-state index contributed by atoms with van der Waals surface area (Å²) in [7, 11) is 4.07. The van der Waals surface area contributed by atoms with E-state index in [0.29, 0.717) is 12.1 Å². The fourth-order valence-electron chi connectivity index (χ4n) is 2.59. The molecular formula is C14H23ClN4. The van der Waals surface area contributed by atoms with Gasteiger partial charge in [0.25, 0.3) is 0 Å². The predicted octanol–water partition coefficient (Wildman–Crippen LogP) is 2.30. The van der Waals surface area contributed by atoms with Gasteiger partial charge in [0.05, 0.1) is 10.7 Å². The van der Waals surface area contributed by atoms with Crippen molar-refractivity contribution in [3.63, 3.8) is 0 Å². The van der Waals surface area contributed by atoms with Gasteiger partial charge in [-0.2, -0.15) is 0 Å². The van der Waals surface area contributed by atoms with Crippen LogP contribution in [0.1, 0.15) is 19.5 Å². The smallest absolute Gasteiger partial charge is 0.126 e. The first kappa shape index (κ1) is 14.6. The van der Waals surface area contributed by atoms with Crippen LogP contribution in [0, 0.1) is 0 Å². The van der Waals surface area contributed by atoms with Crippen molar-refractivity contribution < 1.29 is 0 Å². The molecular weight excluding hydrogens is 260 g/mol. The van der Waals surface area contributed by atoms with E-state index in [1.807, 2.05) is 19.2 Å². The number of nitrogens with one attached hydrogen (secondary N) is 1. The van der Waals surface area contributed by atoms with E-state index in [-0.39, 0.29) is 0 Å². The van der Waals surface area contributed by atoms with Gasteiger partial charge in [0, 0.05) is 38.8 Å². The van der Waals surface area contributed by atoms with Gasteiger partial charge in [-0.1, -0.05) is 11.6 Å². The quantitative estimate of drug-likeness (QED) is 0.922. The first-order chi connectivity index (χ1) is 9.01. The van der Waals surface area contributed by atoms with Gasteiger partial charge in [0.2, 0.25) is 0 Å². The Labute approximate surface area is 120 Å². The van der Waals surface area contributed by atoms with Gasteiger partial charge in [0.1, 0.15) is 5.82 Å². The molecule has 1 aliphatic heterocycles. The molecule has 0 spiro atoms. The lowest BCUT2D eigenvalue weighted by atomic mass is 10.1. The number of hydrogen-bond donors (Lipinski definition) is 1. The van der Waals surface area contributed by atoms with Crippen molar-refractivity contribution in [2.24, 2.45) is 0 Å². The summed E-state index contributed by atoms with van der Waals surface area (Å²) in [6.45, 7) is 7.46. The van der Waals surface area contributed by atoms with E-state index in [2.05, 4.69) is 41.0 Å². The number of halogens is 1. The monoisotopic (exact) mass is 282 g/mol. The van der Waals surface area contributed by atoms with Crippen molar-refractivity contribution >= 4 is 17.4 Å². The molecule has 0 bridgehead atoms. The first-order valence-electron chi connectivity index (χ1n) is 6.78. The van der Waals surface area contributed by atoms with E-state index < -0.39 is 0 Å².